The Hall–Kier alpha value is -0.240. The van der Waals surface area contributed by atoms with Crippen molar-refractivity contribution >= 4 is 17.5 Å². The number of hydrogen-bond acceptors (Lipinski definition) is 1. The average molecular weight is 232 g/mol. The number of carbonyl (C=O) groups excluding carboxylic acids is 1. The van der Waals surface area contributed by atoms with Crippen LogP contribution in [0.2, 0.25) is 0 Å². The van der Waals surface area contributed by atoms with Crippen molar-refractivity contribution in [3.05, 3.63) is 0 Å². The van der Waals surface area contributed by atoms with E-state index in [-0.39, 0.29) is 17.4 Å². The van der Waals surface area contributed by atoms with Gasteiger partial charge >= 0.3 is 0 Å². The summed E-state index contributed by atoms with van der Waals surface area (Å²) in [5, 5.41) is 0. The fourth-order valence-electron chi connectivity index (χ4n) is 2.11. The molecule has 1 rings (SSSR count). The molecule has 1 saturated heterocycles. The molecule has 88 valence electrons. The molecule has 1 aliphatic heterocycles. The number of likely N-dealkylation sites (tertiary alicyclic amines) is 1. The Balaban J connectivity index is 2.60. The van der Waals surface area contributed by atoms with Crippen molar-refractivity contribution in [2.45, 2.75) is 46.6 Å². The first-order chi connectivity index (χ1) is 6.85. The summed E-state index contributed by atoms with van der Waals surface area (Å²) >= 11 is 5.92. The Morgan fingerprint density at radius 2 is 2.07 bits per heavy atom. The quantitative estimate of drug-likeness (QED) is 0.670. The number of halogens is 1. The molecular formula is C12H22ClNO. The molecule has 0 N–H and O–H groups in total. The Kier molecular flexibility index (Phi) is 4.05. The van der Waals surface area contributed by atoms with Crippen molar-refractivity contribution in [1.29, 1.82) is 0 Å². The van der Waals surface area contributed by atoms with E-state index < -0.39 is 0 Å². The van der Waals surface area contributed by atoms with Crippen molar-refractivity contribution in [2.75, 3.05) is 12.4 Å². The largest absolute Gasteiger partial charge is 0.338 e. The third-order valence-corrected chi connectivity index (χ3v) is 3.36. The fourth-order valence-corrected chi connectivity index (χ4v) is 2.58. The second kappa shape index (κ2) is 4.73. The molecule has 0 radical (unpaired) electrons. The number of nitrogens with zero attached hydrogens (tertiary/aromatic N) is 1. The summed E-state index contributed by atoms with van der Waals surface area (Å²) in [6.07, 6.45) is 1.71. The first-order valence-electron chi connectivity index (χ1n) is 5.70. The molecule has 2 unspecified atom stereocenters. The van der Waals surface area contributed by atoms with Gasteiger partial charge in [0.15, 0.2) is 0 Å². The Morgan fingerprint density at radius 3 is 2.53 bits per heavy atom. The standard InChI is InChI=1S/C12H22ClNO/c1-9-5-6-14(10(9)8-13)11(15)7-12(2,3)4/h9-10H,5-8H2,1-4H3. The maximum absolute atomic E-state index is 12.0. The zero-order valence-corrected chi connectivity index (χ0v) is 11.0. The van der Waals surface area contributed by atoms with Crippen molar-refractivity contribution in [1.82, 2.24) is 4.90 Å². The minimum atomic E-state index is 0.0692. The predicted octanol–water partition coefficient (Wildman–Crippen LogP) is 2.90. The summed E-state index contributed by atoms with van der Waals surface area (Å²) in [5.41, 5.74) is 0.0692. The second-order valence-corrected chi connectivity index (χ2v) is 6.12. The minimum Gasteiger partial charge on any atom is -0.338 e. The number of alkyl halides is 1. The summed E-state index contributed by atoms with van der Waals surface area (Å²) in [7, 11) is 0. The lowest BCUT2D eigenvalue weighted by molar-refractivity contribution is -0.133. The van der Waals surface area contributed by atoms with Gasteiger partial charge in [-0.15, -0.1) is 11.6 Å². The highest BCUT2D eigenvalue weighted by Gasteiger charge is 2.34. The third kappa shape index (κ3) is 3.37. The molecule has 0 aromatic rings. The molecule has 3 heteroatoms. The Morgan fingerprint density at radius 1 is 1.47 bits per heavy atom. The highest BCUT2D eigenvalue weighted by atomic mass is 35.5. The topological polar surface area (TPSA) is 20.3 Å². The molecular weight excluding hydrogens is 210 g/mol. The van der Waals surface area contributed by atoms with Crippen LogP contribution in [0.15, 0.2) is 0 Å². The molecule has 2 atom stereocenters. The maximum atomic E-state index is 12.0. The number of rotatable bonds is 2. The van der Waals surface area contributed by atoms with Gasteiger partial charge in [0.2, 0.25) is 5.91 Å². The van der Waals surface area contributed by atoms with E-state index in [1.54, 1.807) is 0 Å². The van der Waals surface area contributed by atoms with Crippen molar-refractivity contribution < 1.29 is 4.79 Å². The van der Waals surface area contributed by atoms with Crippen LogP contribution < -0.4 is 0 Å². The molecule has 0 aromatic carbocycles. The smallest absolute Gasteiger partial charge is 0.223 e. The van der Waals surface area contributed by atoms with E-state index in [9.17, 15) is 4.79 Å². The zero-order chi connectivity index (χ0) is 11.6. The van der Waals surface area contributed by atoms with Crippen LogP contribution in [0.5, 0.6) is 0 Å². The predicted molar refractivity (Wildman–Crippen MR) is 64.1 cm³/mol. The molecule has 2 nitrogen and oxygen atoms in total. The van der Waals surface area contributed by atoms with Crippen LogP contribution in [0, 0.1) is 11.3 Å². The van der Waals surface area contributed by atoms with Crippen molar-refractivity contribution in [3.63, 3.8) is 0 Å². The van der Waals surface area contributed by atoms with Gasteiger partial charge in [0.25, 0.3) is 0 Å². The lowest BCUT2D eigenvalue weighted by atomic mass is 9.91. The number of amides is 1. The number of carbonyl (C=O) groups is 1. The van der Waals surface area contributed by atoms with Crippen LogP contribution in [0.4, 0.5) is 0 Å². The van der Waals surface area contributed by atoms with E-state index in [0.717, 1.165) is 13.0 Å². The van der Waals surface area contributed by atoms with Crippen molar-refractivity contribution in [3.8, 4) is 0 Å². The van der Waals surface area contributed by atoms with Crippen LogP contribution in [-0.2, 0) is 4.79 Å². The van der Waals surface area contributed by atoms with Gasteiger partial charge in [-0.05, 0) is 17.8 Å². The van der Waals surface area contributed by atoms with E-state index in [2.05, 4.69) is 27.7 Å². The summed E-state index contributed by atoms with van der Waals surface area (Å²) in [6, 6.07) is 0.251. The molecule has 0 aliphatic carbocycles. The monoisotopic (exact) mass is 231 g/mol. The molecule has 0 aromatic heterocycles. The van der Waals surface area contributed by atoms with E-state index in [0.29, 0.717) is 18.2 Å². The molecule has 0 bridgehead atoms. The van der Waals surface area contributed by atoms with Crippen LogP contribution in [-0.4, -0.2) is 29.3 Å². The normalized spacial score (nSPS) is 27.1. The van der Waals surface area contributed by atoms with Gasteiger partial charge in [-0.2, -0.15) is 0 Å². The minimum absolute atomic E-state index is 0.0692. The third-order valence-electron chi connectivity index (χ3n) is 3.04. The maximum Gasteiger partial charge on any atom is 0.223 e. The van der Waals surface area contributed by atoms with Crippen LogP contribution in [0.3, 0.4) is 0 Å². The Bertz CT molecular complexity index is 234. The average Bonchev–Trinajstić information content (AvgIpc) is 2.43. The number of hydrogen-bond donors (Lipinski definition) is 0. The fraction of sp³-hybridized carbons (Fsp3) is 0.917. The summed E-state index contributed by atoms with van der Waals surface area (Å²) in [4.78, 5) is 14.0. The highest BCUT2D eigenvalue weighted by Crippen LogP contribution is 2.28. The van der Waals surface area contributed by atoms with Crippen molar-refractivity contribution in [2.24, 2.45) is 11.3 Å². The highest BCUT2D eigenvalue weighted by molar-refractivity contribution is 6.18. The van der Waals surface area contributed by atoms with Crippen LogP contribution in [0.1, 0.15) is 40.5 Å². The van der Waals surface area contributed by atoms with Gasteiger partial charge in [-0.3, -0.25) is 4.79 Å². The van der Waals surface area contributed by atoms with E-state index in [1.165, 1.54) is 0 Å². The lowest BCUT2D eigenvalue weighted by Gasteiger charge is -2.28. The van der Waals surface area contributed by atoms with Crippen LogP contribution in [0.25, 0.3) is 0 Å². The van der Waals surface area contributed by atoms with Gasteiger partial charge in [-0.1, -0.05) is 27.7 Å². The summed E-state index contributed by atoms with van der Waals surface area (Å²) in [5.74, 6) is 1.38. The molecule has 0 saturated carbocycles. The van der Waals surface area contributed by atoms with E-state index in [1.807, 2.05) is 4.90 Å². The Labute approximate surface area is 98.0 Å². The first kappa shape index (κ1) is 12.8. The van der Waals surface area contributed by atoms with Gasteiger partial charge in [0.05, 0.1) is 0 Å². The lowest BCUT2D eigenvalue weighted by Crippen LogP contribution is -2.40. The first-order valence-corrected chi connectivity index (χ1v) is 6.24. The molecule has 15 heavy (non-hydrogen) atoms. The summed E-state index contributed by atoms with van der Waals surface area (Å²) < 4.78 is 0. The van der Waals surface area contributed by atoms with E-state index >= 15 is 0 Å². The molecule has 1 amide bonds. The SMILES string of the molecule is CC1CCN(C(=O)CC(C)(C)C)C1CCl. The summed E-state index contributed by atoms with van der Waals surface area (Å²) in [6.45, 7) is 9.35. The van der Waals surface area contributed by atoms with Gasteiger partial charge in [-0.25, -0.2) is 0 Å². The van der Waals surface area contributed by atoms with Gasteiger partial charge in [0, 0.05) is 24.9 Å². The molecule has 1 aliphatic rings. The molecule has 1 fully saturated rings. The zero-order valence-electron chi connectivity index (χ0n) is 10.2. The van der Waals surface area contributed by atoms with Gasteiger partial charge < -0.3 is 4.90 Å². The molecule has 0 spiro atoms. The second-order valence-electron chi connectivity index (χ2n) is 5.81. The van der Waals surface area contributed by atoms with Gasteiger partial charge in [0.1, 0.15) is 0 Å². The van der Waals surface area contributed by atoms with Crippen LogP contribution >= 0.6 is 11.6 Å². The molecule has 1 heterocycles. The van der Waals surface area contributed by atoms with E-state index in [4.69, 9.17) is 11.6 Å².